The van der Waals surface area contributed by atoms with Crippen LogP contribution < -0.4 is 11.3 Å². The normalized spacial score (nSPS) is 19.8. The van der Waals surface area contributed by atoms with Gasteiger partial charge in [-0.3, -0.25) is 11.3 Å². The number of furan rings is 1. The molecule has 0 bridgehead atoms. The lowest BCUT2D eigenvalue weighted by Gasteiger charge is -2.23. The van der Waals surface area contributed by atoms with Crippen LogP contribution in [-0.2, 0) is 0 Å². The molecule has 1 fully saturated rings. The van der Waals surface area contributed by atoms with Gasteiger partial charge in [0.2, 0.25) is 0 Å². The molecule has 1 saturated carbocycles. The van der Waals surface area contributed by atoms with Crippen LogP contribution in [0.1, 0.15) is 56.6 Å². The van der Waals surface area contributed by atoms with Crippen molar-refractivity contribution in [1.29, 1.82) is 0 Å². The van der Waals surface area contributed by atoms with Gasteiger partial charge in [-0.2, -0.15) is 0 Å². The summed E-state index contributed by atoms with van der Waals surface area (Å²) in [6.45, 7) is 0. The van der Waals surface area contributed by atoms with Crippen molar-refractivity contribution in [1.82, 2.24) is 5.43 Å². The fraction of sp³-hybridized carbons (Fsp3) is 0.692. The average molecular weight is 222 g/mol. The molecular formula is C13H22N2O. The van der Waals surface area contributed by atoms with E-state index in [1.54, 1.807) is 12.5 Å². The number of hydrogen-bond donors (Lipinski definition) is 2. The van der Waals surface area contributed by atoms with Crippen molar-refractivity contribution >= 4 is 0 Å². The molecular weight excluding hydrogens is 200 g/mol. The molecule has 16 heavy (non-hydrogen) atoms. The largest absolute Gasteiger partial charge is 0.472 e. The van der Waals surface area contributed by atoms with E-state index < -0.39 is 0 Å². The van der Waals surface area contributed by atoms with Gasteiger partial charge in [0.05, 0.1) is 12.5 Å². The van der Waals surface area contributed by atoms with Gasteiger partial charge in [-0.15, -0.1) is 0 Å². The minimum atomic E-state index is 0.251. The summed E-state index contributed by atoms with van der Waals surface area (Å²) in [4.78, 5) is 0. The summed E-state index contributed by atoms with van der Waals surface area (Å²) < 4.78 is 5.09. The zero-order chi connectivity index (χ0) is 11.2. The summed E-state index contributed by atoms with van der Waals surface area (Å²) in [6.07, 6.45) is 12.9. The van der Waals surface area contributed by atoms with Crippen molar-refractivity contribution in [3.05, 3.63) is 24.2 Å². The molecule has 90 valence electrons. The van der Waals surface area contributed by atoms with Gasteiger partial charge < -0.3 is 4.42 Å². The first-order valence-corrected chi connectivity index (χ1v) is 6.38. The fourth-order valence-electron chi connectivity index (χ4n) is 2.70. The maximum atomic E-state index is 5.59. The van der Waals surface area contributed by atoms with Gasteiger partial charge in [0.15, 0.2) is 0 Å². The van der Waals surface area contributed by atoms with Gasteiger partial charge in [-0.05, 0) is 24.8 Å². The molecule has 3 N–H and O–H groups in total. The molecule has 2 rings (SSSR count). The second-order valence-electron chi connectivity index (χ2n) is 4.86. The Morgan fingerprint density at radius 2 is 2.19 bits per heavy atom. The highest BCUT2D eigenvalue weighted by atomic mass is 16.3. The summed E-state index contributed by atoms with van der Waals surface area (Å²) in [5, 5.41) is 0. The van der Waals surface area contributed by atoms with E-state index in [2.05, 4.69) is 5.43 Å². The van der Waals surface area contributed by atoms with Crippen LogP contribution in [0.2, 0.25) is 0 Å². The van der Waals surface area contributed by atoms with E-state index in [-0.39, 0.29) is 6.04 Å². The Hall–Kier alpha value is -0.800. The Balaban J connectivity index is 1.78. The molecule has 1 atom stereocenters. The molecule has 0 aliphatic heterocycles. The quantitative estimate of drug-likeness (QED) is 0.594. The predicted octanol–water partition coefficient (Wildman–Crippen LogP) is 3.14. The van der Waals surface area contributed by atoms with E-state index >= 15 is 0 Å². The molecule has 0 saturated heterocycles. The van der Waals surface area contributed by atoms with Gasteiger partial charge in [-0.1, -0.05) is 32.1 Å². The van der Waals surface area contributed by atoms with E-state index in [0.29, 0.717) is 0 Å². The SMILES string of the molecule is NNC(CCC1CCCCC1)c1ccoc1. The number of nitrogens with one attached hydrogen (secondary N) is 1. The zero-order valence-electron chi connectivity index (χ0n) is 9.82. The molecule has 0 amide bonds. The third-order valence-electron chi connectivity index (χ3n) is 3.74. The van der Waals surface area contributed by atoms with Crippen LogP contribution in [0.25, 0.3) is 0 Å². The zero-order valence-corrected chi connectivity index (χ0v) is 9.82. The van der Waals surface area contributed by atoms with Gasteiger partial charge in [-0.25, -0.2) is 0 Å². The van der Waals surface area contributed by atoms with Crippen LogP contribution in [-0.4, -0.2) is 0 Å². The third kappa shape index (κ3) is 3.09. The van der Waals surface area contributed by atoms with E-state index in [4.69, 9.17) is 10.3 Å². The van der Waals surface area contributed by atoms with Crippen molar-refractivity contribution in [2.24, 2.45) is 11.8 Å². The van der Waals surface area contributed by atoms with Crippen molar-refractivity contribution in [2.45, 2.75) is 51.0 Å². The van der Waals surface area contributed by atoms with Crippen molar-refractivity contribution in [2.75, 3.05) is 0 Å². The Bertz CT molecular complexity index is 278. The second kappa shape index (κ2) is 6.06. The predicted molar refractivity (Wildman–Crippen MR) is 64.6 cm³/mol. The highest BCUT2D eigenvalue weighted by Gasteiger charge is 2.17. The van der Waals surface area contributed by atoms with Gasteiger partial charge in [0.25, 0.3) is 0 Å². The molecule has 1 aromatic heterocycles. The van der Waals surface area contributed by atoms with Gasteiger partial charge >= 0.3 is 0 Å². The van der Waals surface area contributed by atoms with E-state index in [1.165, 1.54) is 44.1 Å². The summed E-state index contributed by atoms with van der Waals surface area (Å²) in [5.74, 6) is 6.50. The fourth-order valence-corrected chi connectivity index (χ4v) is 2.70. The molecule has 1 aliphatic rings. The van der Waals surface area contributed by atoms with Crippen molar-refractivity contribution in [3.63, 3.8) is 0 Å². The number of hydrogen-bond acceptors (Lipinski definition) is 3. The van der Waals surface area contributed by atoms with Crippen LogP contribution in [0.3, 0.4) is 0 Å². The summed E-state index contributed by atoms with van der Waals surface area (Å²) in [6, 6.07) is 2.24. The minimum absolute atomic E-state index is 0.251. The highest BCUT2D eigenvalue weighted by Crippen LogP contribution is 2.30. The topological polar surface area (TPSA) is 51.2 Å². The van der Waals surface area contributed by atoms with Crippen LogP contribution in [0.5, 0.6) is 0 Å². The Morgan fingerprint density at radius 3 is 2.81 bits per heavy atom. The molecule has 0 radical (unpaired) electrons. The molecule has 0 spiro atoms. The summed E-state index contributed by atoms with van der Waals surface area (Å²) >= 11 is 0. The first kappa shape index (κ1) is 11.7. The van der Waals surface area contributed by atoms with E-state index in [9.17, 15) is 0 Å². The van der Waals surface area contributed by atoms with Crippen molar-refractivity contribution < 1.29 is 4.42 Å². The highest BCUT2D eigenvalue weighted by molar-refractivity contribution is 5.10. The Labute approximate surface area is 97.4 Å². The number of hydrazine groups is 1. The van der Waals surface area contributed by atoms with Gasteiger partial charge in [0, 0.05) is 11.6 Å². The lowest BCUT2D eigenvalue weighted by Crippen LogP contribution is -2.28. The van der Waals surface area contributed by atoms with E-state index in [1.807, 2.05) is 6.07 Å². The Morgan fingerprint density at radius 1 is 1.38 bits per heavy atom. The van der Waals surface area contributed by atoms with E-state index in [0.717, 1.165) is 12.3 Å². The average Bonchev–Trinajstić information content (AvgIpc) is 2.85. The van der Waals surface area contributed by atoms with Crippen molar-refractivity contribution in [3.8, 4) is 0 Å². The molecule has 0 aromatic carbocycles. The first-order chi connectivity index (χ1) is 7.90. The van der Waals surface area contributed by atoms with Crippen LogP contribution in [0.4, 0.5) is 0 Å². The number of nitrogens with two attached hydrogens (primary N) is 1. The van der Waals surface area contributed by atoms with Gasteiger partial charge in [0.1, 0.15) is 0 Å². The summed E-state index contributed by atoms with van der Waals surface area (Å²) in [7, 11) is 0. The Kier molecular flexibility index (Phi) is 4.43. The number of rotatable bonds is 5. The molecule has 3 heteroatoms. The van der Waals surface area contributed by atoms with Crippen LogP contribution in [0, 0.1) is 5.92 Å². The minimum Gasteiger partial charge on any atom is -0.472 e. The standard InChI is InChI=1S/C13H22N2O/c14-15-13(12-8-9-16-10-12)7-6-11-4-2-1-3-5-11/h8-11,13,15H,1-7,14H2. The second-order valence-corrected chi connectivity index (χ2v) is 4.86. The molecule has 1 aromatic rings. The maximum Gasteiger partial charge on any atom is 0.0950 e. The molecule has 3 nitrogen and oxygen atoms in total. The molecule has 1 unspecified atom stereocenters. The monoisotopic (exact) mass is 222 g/mol. The third-order valence-corrected chi connectivity index (χ3v) is 3.74. The van der Waals surface area contributed by atoms with Crippen LogP contribution >= 0.6 is 0 Å². The first-order valence-electron chi connectivity index (χ1n) is 6.38. The molecule has 1 aliphatic carbocycles. The smallest absolute Gasteiger partial charge is 0.0950 e. The molecule has 1 heterocycles. The van der Waals surface area contributed by atoms with Crippen LogP contribution in [0.15, 0.2) is 23.0 Å². The lowest BCUT2D eigenvalue weighted by atomic mass is 9.85. The summed E-state index contributed by atoms with van der Waals surface area (Å²) in [5.41, 5.74) is 4.05. The lowest BCUT2D eigenvalue weighted by molar-refractivity contribution is 0.314. The maximum absolute atomic E-state index is 5.59.